The fourth-order valence-electron chi connectivity index (χ4n) is 2.72. The van der Waals surface area contributed by atoms with Gasteiger partial charge in [-0.3, -0.25) is 0 Å². The topological polar surface area (TPSA) is 82.1 Å². The van der Waals surface area contributed by atoms with E-state index >= 15 is 0 Å². The number of nitrogens with zero attached hydrogens (tertiary/aromatic N) is 6. The van der Waals surface area contributed by atoms with Crippen LogP contribution < -0.4 is 9.64 Å². The molecule has 0 N–H and O–H groups in total. The first-order valence-electron chi connectivity index (χ1n) is 8.15. The van der Waals surface area contributed by atoms with Gasteiger partial charge in [0.05, 0.1) is 31.1 Å². The van der Waals surface area contributed by atoms with Crippen LogP contribution >= 0.6 is 0 Å². The van der Waals surface area contributed by atoms with Gasteiger partial charge in [0, 0.05) is 12.6 Å². The highest BCUT2D eigenvalue weighted by Crippen LogP contribution is 2.28. The summed E-state index contributed by atoms with van der Waals surface area (Å²) < 4.78 is 12.6. The molecule has 0 bridgehead atoms. The van der Waals surface area contributed by atoms with E-state index in [2.05, 4.69) is 36.0 Å². The number of ether oxygens (including phenoxy) is 1. The minimum absolute atomic E-state index is 0.196. The molecule has 0 aromatic carbocycles. The van der Waals surface area contributed by atoms with Gasteiger partial charge in [0.1, 0.15) is 11.1 Å². The van der Waals surface area contributed by atoms with E-state index in [-0.39, 0.29) is 5.54 Å². The molecule has 3 rings (SSSR count). The zero-order valence-corrected chi connectivity index (χ0v) is 15.8. The molecule has 3 aromatic rings. The molecule has 0 aliphatic rings. The van der Waals surface area contributed by atoms with E-state index in [9.17, 15) is 0 Å². The van der Waals surface area contributed by atoms with Crippen LogP contribution in [-0.2, 0) is 12.1 Å². The third-order valence-electron chi connectivity index (χ3n) is 4.13. The van der Waals surface area contributed by atoms with Crippen LogP contribution in [0.2, 0.25) is 0 Å². The molecule has 0 spiro atoms. The maximum atomic E-state index is 5.46. The van der Waals surface area contributed by atoms with Gasteiger partial charge >= 0.3 is 0 Å². The van der Waals surface area contributed by atoms with Gasteiger partial charge in [-0.1, -0.05) is 5.16 Å². The minimum atomic E-state index is -0.196. The summed E-state index contributed by atoms with van der Waals surface area (Å²) in [6.45, 7) is 10.7. The van der Waals surface area contributed by atoms with Gasteiger partial charge < -0.3 is 14.2 Å². The summed E-state index contributed by atoms with van der Waals surface area (Å²) in [6, 6.07) is 0. The Morgan fingerprint density at radius 3 is 2.52 bits per heavy atom. The summed E-state index contributed by atoms with van der Waals surface area (Å²) in [5, 5.41) is 9.27. The van der Waals surface area contributed by atoms with Crippen molar-refractivity contribution in [1.82, 2.24) is 24.9 Å². The second-order valence-electron chi connectivity index (χ2n) is 7.16. The number of rotatable bonds is 4. The average molecular weight is 344 g/mol. The molecular weight excluding hydrogens is 320 g/mol. The maximum Gasteiger partial charge on any atom is 0.230 e. The van der Waals surface area contributed by atoms with Crippen molar-refractivity contribution in [3.63, 3.8) is 0 Å². The summed E-state index contributed by atoms with van der Waals surface area (Å²) >= 11 is 0. The SMILES string of the molecule is COc1nc(N(C)Cc2c(C)noc2C)nc2c1cnn2C(C)(C)C. The van der Waals surface area contributed by atoms with Gasteiger partial charge in [0.2, 0.25) is 11.8 Å². The Balaban J connectivity index is 2.06. The first kappa shape index (κ1) is 17.2. The monoisotopic (exact) mass is 344 g/mol. The van der Waals surface area contributed by atoms with Crippen LogP contribution in [0.1, 0.15) is 37.8 Å². The summed E-state index contributed by atoms with van der Waals surface area (Å²) in [4.78, 5) is 11.2. The quantitative estimate of drug-likeness (QED) is 0.719. The standard InChI is InChI=1S/C17H24N6O2/c1-10-13(11(2)25-21-10)9-22(6)16-19-14-12(15(20-16)24-7)8-18-23(14)17(3,4)5/h8H,9H2,1-7H3. The number of aryl methyl sites for hydroxylation is 2. The Labute approximate surface area is 146 Å². The average Bonchev–Trinajstić information content (AvgIpc) is 3.11. The molecule has 3 aromatic heterocycles. The third kappa shape index (κ3) is 3.04. The first-order valence-corrected chi connectivity index (χ1v) is 8.15. The normalized spacial score (nSPS) is 12.0. The summed E-state index contributed by atoms with van der Waals surface area (Å²) in [6.07, 6.45) is 1.75. The van der Waals surface area contributed by atoms with E-state index in [4.69, 9.17) is 14.2 Å². The van der Waals surface area contributed by atoms with E-state index in [0.29, 0.717) is 18.4 Å². The number of fused-ring (bicyclic) bond motifs is 1. The van der Waals surface area contributed by atoms with Crippen LogP contribution in [0.4, 0.5) is 5.95 Å². The van der Waals surface area contributed by atoms with Crippen LogP contribution in [0, 0.1) is 13.8 Å². The fraction of sp³-hybridized carbons (Fsp3) is 0.529. The van der Waals surface area contributed by atoms with Gasteiger partial charge in [-0.15, -0.1) is 0 Å². The Bertz CT molecular complexity index is 886. The van der Waals surface area contributed by atoms with Crippen LogP contribution in [0.15, 0.2) is 10.7 Å². The molecule has 0 atom stereocenters. The lowest BCUT2D eigenvalue weighted by molar-refractivity contribution is 0.365. The number of methoxy groups -OCH3 is 1. The lowest BCUT2D eigenvalue weighted by Gasteiger charge is -2.21. The van der Waals surface area contributed by atoms with E-state index in [0.717, 1.165) is 28.1 Å². The Kier molecular flexibility index (Phi) is 4.14. The van der Waals surface area contributed by atoms with E-state index in [1.54, 1.807) is 13.3 Å². The molecule has 8 heteroatoms. The second kappa shape index (κ2) is 6.02. The summed E-state index contributed by atoms with van der Waals surface area (Å²) in [5.74, 6) is 1.88. The summed E-state index contributed by atoms with van der Waals surface area (Å²) in [5.41, 5.74) is 2.46. The van der Waals surface area contributed by atoms with Crippen LogP contribution in [0.3, 0.4) is 0 Å². The van der Waals surface area contributed by atoms with Crippen molar-refractivity contribution in [2.24, 2.45) is 0 Å². The predicted octanol–water partition coefficient (Wildman–Crippen LogP) is 2.83. The van der Waals surface area contributed by atoms with Crippen molar-refractivity contribution in [1.29, 1.82) is 0 Å². The van der Waals surface area contributed by atoms with Crippen LogP contribution in [-0.4, -0.2) is 39.1 Å². The van der Waals surface area contributed by atoms with Gasteiger partial charge in [-0.2, -0.15) is 15.1 Å². The van der Waals surface area contributed by atoms with Gasteiger partial charge in [0.25, 0.3) is 0 Å². The molecule has 134 valence electrons. The van der Waals surface area contributed by atoms with Crippen molar-refractivity contribution in [3.05, 3.63) is 23.2 Å². The Morgan fingerprint density at radius 2 is 1.96 bits per heavy atom. The third-order valence-corrected chi connectivity index (χ3v) is 4.13. The Hall–Kier alpha value is -2.64. The van der Waals surface area contributed by atoms with Crippen LogP contribution in [0.25, 0.3) is 11.0 Å². The van der Waals surface area contributed by atoms with Crippen molar-refractivity contribution in [3.8, 4) is 5.88 Å². The van der Waals surface area contributed by atoms with Gasteiger partial charge in [-0.25, -0.2) is 4.68 Å². The molecule has 0 radical (unpaired) electrons. The highest BCUT2D eigenvalue weighted by atomic mass is 16.5. The number of hydrogen-bond donors (Lipinski definition) is 0. The molecular formula is C17H24N6O2. The molecule has 0 saturated carbocycles. The second-order valence-corrected chi connectivity index (χ2v) is 7.16. The van der Waals surface area contributed by atoms with Crippen LogP contribution in [0.5, 0.6) is 5.88 Å². The number of aromatic nitrogens is 5. The molecule has 25 heavy (non-hydrogen) atoms. The smallest absolute Gasteiger partial charge is 0.230 e. The molecule has 0 unspecified atom stereocenters. The lowest BCUT2D eigenvalue weighted by atomic mass is 10.1. The highest BCUT2D eigenvalue weighted by molar-refractivity contribution is 5.81. The van der Waals surface area contributed by atoms with Crippen molar-refractivity contribution in [2.75, 3.05) is 19.1 Å². The molecule has 8 nitrogen and oxygen atoms in total. The zero-order chi connectivity index (χ0) is 18.4. The molecule has 3 heterocycles. The van der Waals surface area contributed by atoms with Gasteiger partial charge in [-0.05, 0) is 34.6 Å². The number of anilines is 1. The van der Waals surface area contributed by atoms with Crippen molar-refractivity contribution >= 4 is 17.0 Å². The fourth-order valence-corrected chi connectivity index (χ4v) is 2.72. The van der Waals surface area contributed by atoms with E-state index in [1.165, 1.54) is 0 Å². The Morgan fingerprint density at radius 1 is 1.24 bits per heavy atom. The number of hydrogen-bond acceptors (Lipinski definition) is 7. The van der Waals surface area contributed by atoms with E-state index in [1.807, 2.05) is 30.5 Å². The summed E-state index contributed by atoms with van der Waals surface area (Å²) in [7, 11) is 3.54. The van der Waals surface area contributed by atoms with Crippen molar-refractivity contribution in [2.45, 2.75) is 46.7 Å². The maximum absolute atomic E-state index is 5.46. The molecule has 0 amide bonds. The van der Waals surface area contributed by atoms with Gasteiger partial charge in [0.15, 0.2) is 5.65 Å². The van der Waals surface area contributed by atoms with Crippen molar-refractivity contribution < 1.29 is 9.26 Å². The molecule has 0 fully saturated rings. The predicted molar refractivity (Wildman–Crippen MR) is 95.0 cm³/mol. The highest BCUT2D eigenvalue weighted by Gasteiger charge is 2.22. The van der Waals surface area contributed by atoms with E-state index < -0.39 is 0 Å². The molecule has 0 aliphatic carbocycles. The first-order chi connectivity index (χ1) is 11.7. The minimum Gasteiger partial charge on any atom is -0.480 e. The largest absolute Gasteiger partial charge is 0.480 e. The molecule has 0 aliphatic heterocycles. The lowest BCUT2D eigenvalue weighted by Crippen LogP contribution is -2.24. The molecule has 0 saturated heterocycles. The zero-order valence-electron chi connectivity index (χ0n) is 15.8.